The zero-order valence-corrected chi connectivity index (χ0v) is 13.2. The SMILES string of the molecule is COc1ccc(C(C)Nc2cc(C)nc(Cl)n2)cc1OC. The van der Waals surface area contributed by atoms with Gasteiger partial charge >= 0.3 is 0 Å². The van der Waals surface area contributed by atoms with Crippen molar-refractivity contribution in [2.24, 2.45) is 0 Å². The van der Waals surface area contributed by atoms with Gasteiger partial charge in [0, 0.05) is 11.8 Å². The summed E-state index contributed by atoms with van der Waals surface area (Å²) in [6.45, 7) is 3.91. The number of rotatable bonds is 5. The number of methoxy groups -OCH3 is 2. The van der Waals surface area contributed by atoms with Gasteiger partial charge in [-0.25, -0.2) is 9.97 Å². The zero-order chi connectivity index (χ0) is 15.4. The van der Waals surface area contributed by atoms with Gasteiger partial charge in [-0.1, -0.05) is 6.07 Å². The van der Waals surface area contributed by atoms with E-state index in [0.717, 1.165) is 11.3 Å². The summed E-state index contributed by atoms with van der Waals surface area (Å²) in [5.41, 5.74) is 1.87. The van der Waals surface area contributed by atoms with Crippen molar-refractivity contribution in [1.82, 2.24) is 9.97 Å². The van der Waals surface area contributed by atoms with Crippen LogP contribution in [0.5, 0.6) is 11.5 Å². The summed E-state index contributed by atoms with van der Waals surface area (Å²) in [5, 5.41) is 3.53. The van der Waals surface area contributed by atoms with Gasteiger partial charge in [0.25, 0.3) is 0 Å². The van der Waals surface area contributed by atoms with Crippen LogP contribution in [0.1, 0.15) is 24.2 Å². The van der Waals surface area contributed by atoms with Crippen LogP contribution >= 0.6 is 11.6 Å². The van der Waals surface area contributed by atoms with Crippen LogP contribution in [0, 0.1) is 6.92 Å². The number of anilines is 1. The average Bonchev–Trinajstić information content (AvgIpc) is 2.45. The second kappa shape index (κ2) is 6.63. The molecule has 0 fully saturated rings. The Balaban J connectivity index is 2.21. The molecule has 1 atom stereocenters. The number of ether oxygens (including phenoxy) is 2. The van der Waals surface area contributed by atoms with Crippen molar-refractivity contribution in [2.45, 2.75) is 19.9 Å². The third-order valence-corrected chi connectivity index (χ3v) is 3.27. The van der Waals surface area contributed by atoms with E-state index in [1.54, 1.807) is 14.2 Å². The summed E-state index contributed by atoms with van der Waals surface area (Å²) >= 11 is 5.87. The topological polar surface area (TPSA) is 56.3 Å². The fraction of sp³-hybridized carbons (Fsp3) is 0.333. The Kier molecular flexibility index (Phi) is 4.85. The monoisotopic (exact) mass is 307 g/mol. The number of hydrogen-bond donors (Lipinski definition) is 1. The molecule has 2 rings (SSSR count). The van der Waals surface area contributed by atoms with Crippen LogP contribution in [-0.2, 0) is 0 Å². The Bertz CT molecular complexity index is 614. The normalized spacial score (nSPS) is 11.9. The van der Waals surface area contributed by atoms with Gasteiger partial charge in [0.2, 0.25) is 5.28 Å². The molecular formula is C15H18ClN3O2. The second-order valence-corrected chi connectivity index (χ2v) is 4.98. The fourth-order valence-electron chi connectivity index (χ4n) is 2.03. The molecule has 21 heavy (non-hydrogen) atoms. The van der Waals surface area contributed by atoms with Crippen molar-refractivity contribution >= 4 is 17.4 Å². The van der Waals surface area contributed by atoms with Crippen molar-refractivity contribution in [2.75, 3.05) is 19.5 Å². The van der Waals surface area contributed by atoms with Crippen LogP contribution in [0.2, 0.25) is 5.28 Å². The standard InChI is InChI=1S/C15H18ClN3O2/c1-9-7-14(19-15(16)17-9)18-10(2)11-5-6-12(20-3)13(8-11)21-4/h5-8,10H,1-4H3,(H,17,18,19). The van der Waals surface area contributed by atoms with Crippen molar-refractivity contribution in [1.29, 1.82) is 0 Å². The molecule has 0 saturated heterocycles. The largest absolute Gasteiger partial charge is 0.493 e. The number of nitrogens with zero attached hydrogens (tertiary/aromatic N) is 2. The summed E-state index contributed by atoms with van der Waals surface area (Å²) in [7, 11) is 3.23. The molecule has 0 aliphatic rings. The van der Waals surface area contributed by atoms with E-state index in [9.17, 15) is 0 Å². The molecule has 2 aromatic rings. The first-order chi connectivity index (χ1) is 10.0. The highest BCUT2D eigenvalue weighted by Gasteiger charge is 2.11. The number of aromatic nitrogens is 2. The molecule has 0 amide bonds. The summed E-state index contributed by atoms with van der Waals surface area (Å²) in [6.07, 6.45) is 0. The molecule has 5 nitrogen and oxygen atoms in total. The van der Waals surface area contributed by atoms with Gasteiger partial charge in [0.15, 0.2) is 11.5 Å². The van der Waals surface area contributed by atoms with Gasteiger partial charge in [0.1, 0.15) is 5.82 Å². The minimum atomic E-state index is 0.0372. The summed E-state index contributed by atoms with van der Waals surface area (Å²) < 4.78 is 10.6. The smallest absolute Gasteiger partial charge is 0.224 e. The first-order valence-electron chi connectivity index (χ1n) is 6.53. The number of aryl methyl sites for hydroxylation is 1. The predicted octanol–water partition coefficient (Wildman–Crippen LogP) is 3.63. The molecule has 0 saturated carbocycles. The highest BCUT2D eigenvalue weighted by atomic mass is 35.5. The summed E-state index contributed by atoms with van der Waals surface area (Å²) in [6, 6.07) is 7.68. The van der Waals surface area contributed by atoms with Gasteiger partial charge in [-0.3, -0.25) is 0 Å². The fourth-order valence-corrected chi connectivity index (χ4v) is 2.26. The van der Waals surface area contributed by atoms with Crippen molar-refractivity contribution in [3.8, 4) is 11.5 Å². The Morgan fingerprint density at radius 1 is 1.10 bits per heavy atom. The number of nitrogens with one attached hydrogen (secondary N) is 1. The lowest BCUT2D eigenvalue weighted by molar-refractivity contribution is 0.354. The highest BCUT2D eigenvalue weighted by molar-refractivity contribution is 6.28. The lowest BCUT2D eigenvalue weighted by Gasteiger charge is -2.17. The van der Waals surface area contributed by atoms with Crippen molar-refractivity contribution in [3.05, 3.63) is 40.8 Å². The molecule has 0 radical (unpaired) electrons. The van der Waals surface area contributed by atoms with Crippen LogP contribution in [0.25, 0.3) is 0 Å². The van der Waals surface area contributed by atoms with Gasteiger partial charge in [0.05, 0.1) is 20.3 Å². The molecule has 1 heterocycles. The molecule has 0 bridgehead atoms. The Hall–Kier alpha value is -2.01. The van der Waals surface area contributed by atoms with E-state index in [1.807, 2.05) is 38.1 Å². The van der Waals surface area contributed by atoms with E-state index < -0.39 is 0 Å². The molecule has 1 unspecified atom stereocenters. The van der Waals surface area contributed by atoms with E-state index >= 15 is 0 Å². The van der Waals surface area contributed by atoms with E-state index in [2.05, 4.69) is 15.3 Å². The number of benzene rings is 1. The average molecular weight is 308 g/mol. The van der Waals surface area contributed by atoms with E-state index in [0.29, 0.717) is 17.3 Å². The summed E-state index contributed by atoms with van der Waals surface area (Å²) in [4.78, 5) is 8.21. The molecule has 1 aromatic heterocycles. The van der Waals surface area contributed by atoms with Gasteiger partial charge < -0.3 is 14.8 Å². The maximum Gasteiger partial charge on any atom is 0.224 e. The second-order valence-electron chi connectivity index (χ2n) is 4.64. The van der Waals surface area contributed by atoms with Crippen molar-refractivity contribution < 1.29 is 9.47 Å². The molecule has 0 aliphatic carbocycles. The molecular weight excluding hydrogens is 290 g/mol. The zero-order valence-electron chi connectivity index (χ0n) is 12.5. The predicted molar refractivity (Wildman–Crippen MR) is 83.4 cm³/mol. The van der Waals surface area contributed by atoms with Crippen LogP contribution in [0.4, 0.5) is 5.82 Å². The minimum Gasteiger partial charge on any atom is -0.493 e. The quantitative estimate of drug-likeness (QED) is 0.855. The third-order valence-electron chi connectivity index (χ3n) is 3.10. The van der Waals surface area contributed by atoms with Crippen LogP contribution in [0.3, 0.4) is 0 Å². The number of halogens is 1. The molecule has 1 aromatic carbocycles. The van der Waals surface area contributed by atoms with Crippen LogP contribution in [-0.4, -0.2) is 24.2 Å². The van der Waals surface area contributed by atoms with E-state index in [1.165, 1.54) is 0 Å². The van der Waals surface area contributed by atoms with Gasteiger partial charge in [-0.2, -0.15) is 0 Å². The number of hydrogen-bond acceptors (Lipinski definition) is 5. The molecule has 1 N–H and O–H groups in total. The molecule has 6 heteroatoms. The molecule has 0 aliphatic heterocycles. The Labute approximate surface area is 129 Å². The highest BCUT2D eigenvalue weighted by Crippen LogP contribution is 2.30. The van der Waals surface area contributed by atoms with E-state index in [-0.39, 0.29) is 11.3 Å². The van der Waals surface area contributed by atoms with Crippen LogP contribution in [0.15, 0.2) is 24.3 Å². The summed E-state index contributed by atoms with van der Waals surface area (Å²) in [5.74, 6) is 2.09. The lowest BCUT2D eigenvalue weighted by atomic mass is 10.1. The first kappa shape index (κ1) is 15.4. The van der Waals surface area contributed by atoms with Gasteiger partial charge in [-0.05, 0) is 43.1 Å². The minimum absolute atomic E-state index is 0.0372. The Morgan fingerprint density at radius 3 is 2.43 bits per heavy atom. The maximum absolute atomic E-state index is 5.87. The first-order valence-corrected chi connectivity index (χ1v) is 6.91. The van der Waals surface area contributed by atoms with Crippen LogP contribution < -0.4 is 14.8 Å². The molecule has 0 spiro atoms. The van der Waals surface area contributed by atoms with E-state index in [4.69, 9.17) is 21.1 Å². The molecule has 112 valence electrons. The van der Waals surface area contributed by atoms with Crippen molar-refractivity contribution in [3.63, 3.8) is 0 Å². The Morgan fingerprint density at radius 2 is 1.81 bits per heavy atom. The maximum atomic E-state index is 5.87. The van der Waals surface area contributed by atoms with Gasteiger partial charge in [-0.15, -0.1) is 0 Å². The third kappa shape index (κ3) is 3.76. The lowest BCUT2D eigenvalue weighted by Crippen LogP contribution is -2.09.